The van der Waals surface area contributed by atoms with Gasteiger partial charge in [-0.2, -0.15) is 18.3 Å². The number of rotatable bonds is 8. The first kappa shape index (κ1) is 25.9. The highest BCUT2D eigenvalue weighted by atomic mass is 19.4. The number of aryl methyl sites for hydroxylation is 1. The number of aromatic nitrogens is 2. The predicted molar refractivity (Wildman–Crippen MR) is 115 cm³/mol. The number of hydrogen-bond acceptors (Lipinski definition) is 5. The minimum absolute atomic E-state index is 0.0238. The van der Waals surface area contributed by atoms with Crippen LogP contribution in [0.15, 0.2) is 35.1 Å². The van der Waals surface area contributed by atoms with E-state index in [4.69, 9.17) is 4.74 Å². The number of carbonyl (C=O) groups excluding carboxylic acids is 2. The molecule has 1 atom stereocenters. The standard InChI is InChI=1S/C22H27F3N4O4/c1-5-33-21(32)27-15(10-13(2)3)12-26-20(31)19-18(30)11-14(4)29(28-19)17-9-7-6-8-16(17)22(23,24)25/h6-9,11,13,15H,5,10,12H2,1-4H3,(H,26,31)(H,27,32). The molecule has 2 rings (SSSR count). The van der Waals surface area contributed by atoms with Crippen molar-refractivity contribution in [1.82, 2.24) is 20.4 Å². The number of amides is 2. The summed E-state index contributed by atoms with van der Waals surface area (Å²) in [6.07, 6.45) is -4.78. The van der Waals surface area contributed by atoms with Gasteiger partial charge in [0.15, 0.2) is 5.69 Å². The van der Waals surface area contributed by atoms with Crippen molar-refractivity contribution in [3.8, 4) is 5.69 Å². The van der Waals surface area contributed by atoms with Gasteiger partial charge >= 0.3 is 12.3 Å². The molecule has 180 valence electrons. The lowest BCUT2D eigenvalue weighted by atomic mass is 10.0. The second-order valence-electron chi connectivity index (χ2n) is 7.83. The van der Waals surface area contributed by atoms with Crippen LogP contribution in [0.25, 0.3) is 5.69 Å². The van der Waals surface area contributed by atoms with Crippen LogP contribution in [0.2, 0.25) is 0 Å². The molecule has 1 aromatic carbocycles. The maximum absolute atomic E-state index is 13.5. The Morgan fingerprint density at radius 3 is 2.48 bits per heavy atom. The van der Waals surface area contributed by atoms with E-state index in [0.29, 0.717) is 6.42 Å². The largest absolute Gasteiger partial charge is 0.450 e. The summed E-state index contributed by atoms with van der Waals surface area (Å²) in [5.74, 6) is -0.680. The van der Waals surface area contributed by atoms with Crippen molar-refractivity contribution in [2.45, 2.75) is 46.3 Å². The molecule has 0 saturated carbocycles. The van der Waals surface area contributed by atoms with E-state index in [1.165, 1.54) is 25.1 Å². The third-order valence-corrected chi connectivity index (χ3v) is 4.62. The Kier molecular flexibility index (Phi) is 8.61. The van der Waals surface area contributed by atoms with Crippen LogP contribution in [-0.4, -0.2) is 41.0 Å². The van der Waals surface area contributed by atoms with Crippen molar-refractivity contribution in [3.63, 3.8) is 0 Å². The average Bonchev–Trinajstić information content (AvgIpc) is 2.71. The summed E-state index contributed by atoms with van der Waals surface area (Å²) in [6, 6.07) is 5.32. The van der Waals surface area contributed by atoms with Gasteiger partial charge in [0.25, 0.3) is 5.91 Å². The quantitative estimate of drug-likeness (QED) is 0.618. The molecule has 0 bridgehead atoms. The number of hydrogen-bond donors (Lipinski definition) is 2. The lowest BCUT2D eigenvalue weighted by Crippen LogP contribution is -2.45. The van der Waals surface area contributed by atoms with Crippen molar-refractivity contribution in [1.29, 1.82) is 0 Å². The number of nitrogens with zero attached hydrogens (tertiary/aromatic N) is 2. The van der Waals surface area contributed by atoms with Crippen LogP contribution in [-0.2, 0) is 10.9 Å². The van der Waals surface area contributed by atoms with Crippen LogP contribution in [0.4, 0.5) is 18.0 Å². The van der Waals surface area contributed by atoms with E-state index in [-0.39, 0.29) is 30.5 Å². The van der Waals surface area contributed by atoms with Crippen LogP contribution >= 0.6 is 0 Å². The molecule has 2 aromatic rings. The summed E-state index contributed by atoms with van der Waals surface area (Å²) in [5.41, 5.74) is -2.42. The first-order valence-corrected chi connectivity index (χ1v) is 10.4. The maximum Gasteiger partial charge on any atom is 0.418 e. The number of halogens is 3. The molecular formula is C22H27F3N4O4. The summed E-state index contributed by atoms with van der Waals surface area (Å²) in [7, 11) is 0. The Morgan fingerprint density at radius 2 is 1.88 bits per heavy atom. The molecular weight excluding hydrogens is 441 g/mol. The predicted octanol–water partition coefficient (Wildman–Crippen LogP) is 3.45. The highest BCUT2D eigenvalue weighted by Crippen LogP contribution is 2.33. The fourth-order valence-corrected chi connectivity index (χ4v) is 3.25. The van der Waals surface area contributed by atoms with E-state index < -0.39 is 40.9 Å². The highest BCUT2D eigenvalue weighted by Gasteiger charge is 2.34. The molecule has 11 heteroatoms. The van der Waals surface area contributed by atoms with E-state index in [1.807, 2.05) is 13.8 Å². The molecule has 0 spiro atoms. The first-order chi connectivity index (χ1) is 15.4. The number of nitrogens with one attached hydrogen (secondary N) is 2. The summed E-state index contributed by atoms with van der Waals surface area (Å²) in [6.45, 7) is 7.09. The third-order valence-electron chi connectivity index (χ3n) is 4.62. The molecule has 0 aliphatic carbocycles. The second kappa shape index (κ2) is 11.0. The normalized spacial score (nSPS) is 12.4. The molecule has 0 aliphatic heterocycles. The molecule has 0 saturated heterocycles. The number of alkyl halides is 3. The smallest absolute Gasteiger partial charge is 0.418 e. The number of carbonyl (C=O) groups is 2. The number of para-hydroxylation sites is 1. The SMILES string of the molecule is CCOC(=O)NC(CNC(=O)c1nn(-c2ccccc2C(F)(F)F)c(C)cc1=O)CC(C)C. The Hall–Kier alpha value is -3.37. The van der Waals surface area contributed by atoms with Gasteiger partial charge in [0.1, 0.15) is 0 Å². The van der Waals surface area contributed by atoms with Crippen molar-refractivity contribution in [3.05, 3.63) is 57.5 Å². The van der Waals surface area contributed by atoms with Crippen molar-refractivity contribution in [2.75, 3.05) is 13.2 Å². The van der Waals surface area contributed by atoms with Crippen molar-refractivity contribution >= 4 is 12.0 Å². The Labute approximate surface area is 189 Å². The zero-order valence-electron chi connectivity index (χ0n) is 18.8. The fourth-order valence-electron chi connectivity index (χ4n) is 3.25. The number of alkyl carbamates (subject to hydrolysis) is 1. The lowest BCUT2D eigenvalue weighted by Gasteiger charge is -2.21. The van der Waals surface area contributed by atoms with Crippen molar-refractivity contribution in [2.24, 2.45) is 5.92 Å². The Bertz CT molecular complexity index is 1050. The van der Waals surface area contributed by atoms with Crippen molar-refractivity contribution < 1.29 is 27.5 Å². The topological polar surface area (TPSA) is 102 Å². The molecule has 2 amide bonds. The van der Waals surface area contributed by atoms with Gasteiger partial charge < -0.3 is 15.4 Å². The van der Waals surface area contributed by atoms with Gasteiger partial charge in [-0.25, -0.2) is 9.48 Å². The molecule has 33 heavy (non-hydrogen) atoms. The molecule has 0 fully saturated rings. The Morgan fingerprint density at radius 1 is 1.21 bits per heavy atom. The van der Waals surface area contributed by atoms with E-state index in [0.717, 1.165) is 16.8 Å². The molecule has 2 N–H and O–H groups in total. The third kappa shape index (κ3) is 7.06. The van der Waals surface area contributed by atoms with E-state index in [9.17, 15) is 27.6 Å². The summed E-state index contributed by atoms with van der Waals surface area (Å²) in [5, 5.41) is 9.09. The molecule has 8 nitrogen and oxygen atoms in total. The summed E-state index contributed by atoms with van der Waals surface area (Å²) in [4.78, 5) is 36.8. The van der Waals surface area contributed by atoms with Crippen LogP contribution in [0.1, 0.15) is 48.9 Å². The van der Waals surface area contributed by atoms with Gasteiger partial charge in [-0.15, -0.1) is 0 Å². The Balaban J connectivity index is 2.32. The molecule has 0 radical (unpaired) electrons. The monoisotopic (exact) mass is 468 g/mol. The molecule has 1 aromatic heterocycles. The van der Waals surface area contributed by atoms with Crippen LogP contribution in [0.5, 0.6) is 0 Å². The molecule has 1 unspecified atom stereocenters. The number of benzene rings is 1. The first-order valence-electron chi connectivity index (χ1n) is 10.4. The fraction of sp³-hybridized carbons (Fsp3) is 0.455. The minimum atomic E-state index is -4.65. The highest BCUT2D eigenvalue weighted by molar-refractivity contribution is 5.92. The van der Waals surface area contributed by atoms with E-state index >= 15 is 0 Å². The summed E-state index contributed by atoms with van der Waals surface area (Å²) < 4.78 is 46.1. The van der Waals surface area contributed by atoms with Gasteiger partial charge in [-0.05, 0) is 38.3 Å². The van der Waals surface area contributed by atoms with Crippen LogP contribution in [0, 0.1) is 12.8 Å². The maximum atomic E-state index is 13.5. The van der Waals surface area contributed by atoms with Gasteiger partial charge in [0.2, 0.25) is 5.43 Å². The van der Waals surface area contributed by atoms with Crippen LogP contribution in [0.3, 0.4) is 0 Å². The summed E-state index contributed by atoms with van der Waals surface area (Å²) >= 11 is 0. The average molecular weight is 468 g/mol. The molecule has 0 aliphatic rings. The zero-order chi connectivity index (χ0) is 24.8. The lowest BCUT2D eigenvalue weighted by molar-refractivity contribution is -0.137. The van der Waals surface area contributed by atoms with Gasteiger partial charge in [0.05, 0.1) is 17.9 Å². The minimum Gasteiger partial charge on any atom is -0.450 e. The van der Waals surface area contributed by atoms with E-state index in [2.05, 4.69) is 15.7 Å². The van der Waals surface area contributed by atoms with Gasteiger partial charge in [-0.1, -0.05) is 26.0 Å². The van der Waals surface area contributed by atoms with E-state index in [1.54, 1.807) is 6.92 Å². The zero-order valence-corrected chi connectivity index (χ0v) is 18.8. The van der Waals surface area contributed by atoms with Crippen LogP contribution < -0.4 is 16.1 Å². The second-order valence-corrected chi connectivity index (χ2v) is 7.83. The van der Waals surface area contributed by atoms with Gasteiger partial charge in [0, 0.05) is 24.3 Å². The van der Waals surface area contributed by atoms with Gasteiger partial charge in [-0.3, -0.25) is 9.59 Å². The number of ether oxygens (including phenoxy) is 1. The molecule has 1 heterocycles.